The largest absolute Gasteiger partial charge is 0.297 e. The van der Waals surface area contributed by atoms with Crippen LogP contribution in [0.1, 0.15) is 38.9 Å². The van der Waals surface area contributed by atoms with Gasteiger partial charge in [-0.15, -0.1) is 0 Å². The summed E-state index contributed by atoms with van der Waals surface area (Å²) in [7, 11) is 0. The van der Waals surface area contributed by atoms with Crippen LogP contribution in [0.15, 0.2) is 35.1 Å². The molecular formula is C17H21ClN2O. The van der Waals surface area contributed by atoms with Crippen molar-refractivity contribution in [1.29, 1.82) is 0 Å². The molecule has 1 heterocycles. The molecule has 112 valence electrons. The van der Waals surface area contributed by atoms with E-state index in [9.17, 15) is 4.79 Å². The Morgan fingerprint density at radius 2 is 1.86 bits per heavy atom. The summed E-state index contributed by atoms with van der Waals surface area (Å²) in [6, 6.07) is 9.05. The van der Waals surface area contributed by atoms with E-state index in [2.05, 4.69) is 6.92 Å². The summed E-state index contributed by atoms with van der Waals surface area (Å²) in [5.41, 5.74) is 1.67. The van der Waals surface area contributed by atoms with E-state index in [1.807, 2.05) is 31.2 Å². The van der Waals surface area contributed by atoms with Crippen molar-refractivity contribution in [2.24, 2.45) is 0 Å². The fourth-order valence-electron chi connectivity index (χ4n) is 2.38. The van der Waals surface area contributed by atoms with E-state index in [0.717, 1.165) is 42.8 Å². The molecule has 1 aromatic heterocycles. The molecule has 0 radical (unpaired) electrons. The topological polar surface area (TPSA) is 34.9 Å². The second-order valence-corrected chi connectivity index (χ2v) is 5.54. The van der Waals surface area contributed by atoms with Gasteiger partial charge in [-0.25, -0.2) is 4.98 Å². The van der Waals surface area contributed by atoms with Crippen molar-refractivity contribution in [3.63, 3.8) is 0 Å². The highest BCUT2D eigenvalue weighted by Gasteiger charge is 2.09. The monoisotopic (exact) mass is 304 g/mol. The quantitative estimate of drug-likeness (QED) is 0.745. The van der Waals surface area contributed by atoms with Crippen LogP contribution >= 0.6 is 11.6 Å². The molecule has 0 atom stereocenters. The first kappa shape index (κ1) is 15.8. The molecule has 0 unspecified atom stereocenters. The van der Waals surface area contributed by atoms with Gasteiger partial charge in [0.05, 0.1) is 5.69 Å². The van der Waals surface area contributed by atoms with Gasteiger partial charge in [0.15, 0.2) is 0 Å². The summed E-state index contributed by atoms with van der Waals surface area (Å²) in [5, 5.41) is 0.684. The van der Waals surface area contributed by atoms with E-state index in [1.54, 1.807) is 10.6 Å². The van der Waals surface area contributed by atoms with Crippen LogP contribution in [0.4, 0.5) is 0 Å². The number of aromatic nitrogens is 2. The van der Waals surface area contributed by atoms with E-state index in [0.29, 0.717) is 11.6 Å². The highest BCUT2D eigenvalue weighted by atomic mass is 35.5. The average Bonchev–Trinajstić information content (AvgIpc) is 2.48. The maximum atomic E-state index is 12.3. The van der Waals surface area contributed by atoms with Gasteiger partial charge in [-0.2, -0.15) is 0 Å². The normalized spacial score (nSPS) is 10.8. The Bertz CT molecular complexity index is 647. The van der Waals surface area contributed by atoms with Crippen molar-refractivity contribution in [2.75, 3.05) is 0 Å². The van der Waals surface area contributed by atoms with Crippen LogP contribution in [0.3, 0.4) is 0 Å². The fourth-order valence-corrected chi connectivity index (χ4v) is 2.51. The molecule has 2 aromatic rings. The Morgan fingerprint density at radius 3 is 2.48 bits per heavy atom. The number of hydrogen-bond acceptors (Lipinski definition) is 2. The molecule has 3 nitrogen and oxygen atoms in total. The van der Waals surface area contributed by atoms with Gasteiger partial charge in [0.1, 0.15) is 5.82 Å². The minimum atomic E-state index is 0.0175. The van der Waals surface area contributed by atoms with Gasteiger partial charge in [-0.05, 0) is 25.5 Å². The van der Waals surface area contributed by atoms with Crippen LogP contribution < -0.4 is 5.56 Å². The Kier molecular flexibility index (Phi) is 5.57. The van der Waals surface area contributed by atoms with Crippen molar-refractivity contribution in [3.05, 3.63) is 51.5 Å². The molecule has 0 fully saturated rings. The maximum Gasteiger partial charge on any atom is 0.254 e. The van der Waals surface area contributed by atoms with Crippen molar-refractivity contribution in [1.82, 2.24) is 9.55 Å². The Balaban J connectivity index is 2.39. The van der Waals surface area contributed by atoms with Crippen molar-refractivity contribution in [3.8, 4) is 11.3 Å². The van der Waals surface area contributed by atoms with Crippen LogP contribution in [-0.4, -0.2) is 9.55 Å². The second-order valence-electron chi connectivity index (χ2n) is 5.10. The molecule has 1 aromatic carbocycles. The summed E-state index contributed by atoms with van der Waals surface area (Å²) < 4.78 is 1.76. The highest BCUT2D eigenvalue weighted by molar-refractivity contribution is 6.30. The second kappa shape index (κ2) is 7.41. The predicted octanol–water partition coefficient (Wildman–Crippen LogP) is 4.32. The minimum absolute atomic E-state index is 0.0175. The van der Waals surface area contributed by atoms with Crippen LogP contribution in [0, 0.1) is 0 Å². The summed E-state index contributed by atoms with van der Waals surface area (Å²) in [4.78, 5) is 17.0. The molecule has 21 heavy (non-hydrogen) atoms. The zero-order chi connectivity index (χ0) is 15.2. The van der Waals surface area contributed by atoms with Crippen LogP contribution in [0.2, 0.25) is 5.02 Å². The van der Waals surface area contributed by atoms with E-state index >= 15 is 0 Å². The zero-order valence-electron chi connectivity index (χ0n) is 12.6. The Hall–Kier alpha value is -1.61. The van der Waals surface area contributed by atoms with Crippen molar-refractivity contribution >= 4 is 11.6 Å². The molecule has 0 aliphatic heterocycles. The first-order valence-corrected chi connectivity index (χ1v) is 7.90. The van der Waals surface area contributed by atoms with Gasteiger partial charge >= 0.3 is 0 Å². The third kappa shape index (κ3) is 3.94. The highest BCUT2D eigenvalue weighted by Crippen LogP contribution is 2.19. The fraction of sp³-hybridized carbons (Fsp3) is 0.412. The molecule has 0 aliphatic carbocycles. The molecule has 0 saturated carbocycles. The molecule has 0 bridgehead atoms. The standard InChI is InChI=1S/C17H21ClN2O/c1-3-5-6-7-16-19-15(12-17(21)20(16)4-2)13-8-10-14(18)11-9-13/h8-12H,3-7H2,1-2H3. The van der Waals surface area contributed by atoms with Crippen molar-refractivity contribution < 1.29 is 0 Å². The number of rotatable bonds is 6. The van der Waals surface area contributed by atoms with Gasteiger partial charge in [0.25, 0.3) is 5.56 Å². The van der Waals surface area contributed by atoms with Gasteiger partial charge < -0.3 is 0 Å². The lowest BCUT2D eigenvalue weighted by Crippen LogP contribution is -2.24. The first-order valence-electron chi connectivity index (χ1n) is 7.52. The SMILES string of the molecule is CCCCCc1nc(-c2ccc(Cl)cc2)cc(=O)n1CC. The van der Waals surface area contributed by atoms with E-state index in [-0.39, 0.29) is 5.56 Å². The van der Waals surface area contributed by atoms with Crippen molar-refractivity contribution in [2.45, 2.75) is 46.1 Å². The van der Waals surface area contributed by atoms with Crippen LogP contribution in [-0.2, 0) is 13.0 Å². The molecule has 0 amide bonds. The van der Waals surface area contributed by atoms with Crippen LogP contribution in [0.5, 0.6) is 0 Å². The van der Waals surface area contributed by atoms with E-state index in [1.165, 1.54) is 0 Å². The maximum absolute atomic E-state index is 12.3. The minimum Gasteiger partial charge on any atom is -0.297 e. The zero-order valence-corrected chi connectivity index (χ0v) is 13.4. The number of aryl methyl sites for hydroxylation is 1. The summed E-state index contributed by atoms with van der Waals surface area (Å²) in [6.45, 7) is 4.81. The van der Waals surface area contributed by atoms with E-state index < -0.39 is 0 Å². The van der Waals surface area contributed by atoms with Gasteiger partial charge in [0.2, 0.25) is 0 Å². The molecule has 2 rings (SSSR count). The van der Waals surface area contributed by atoms with Crippen LogP contribution in [0.25, 0.3) is 11.3 Å². The number of benzene rings is 1. The third-order valence-corrected chi connectivity index (χ3v) is 3.80. The molecule has 0 N–H and O–H groups in total. The molecule has 4 heteroatoms. The predicted molar refractivity (Wildman–Crippen MR) is 87.8 cm³/mol. The molecular weight excluding hydrogens is 284 g/mol. The molecule has 0 spiro atoms. The smallest absolute Gasteiger partial charge is 0.254 e. The summed E-state index contributed by atoms with van der Waals surface area (Å²) in [5.74, 6) is 0.878. The van der Waals surface area contributed by atoms with Gasteiger partial charge in [-0.1, -0.05) is 43.5 Å². The lowest BCUT2D eigenvalue weighted by Gasteiger charge is -2.12. The average molecular weight is 305 g/mol. The first-order chi connectivity index (χ1) is 10.2. The Morgan fingerprint density at radius 1 is 1.14 bits per heavy atom. The number of unbranched alkanes of at least 4 members (excludes halogenated alkanes) is 2. The number of halogens is 1. The third-order valence-electron chi connectivity index (χ3n) is 3.55. The lowest BCUT2D eigenvalue weighted by atomic mass is 10.1. The number of nitrogens with zero attached hydrogens (tertiary/aromatic N) is 2. The molecule has 0 saturated heterocycles. The lowest BCUT2D eigenvalue weighted by molar-refractivity contribution is 0.609. The summed E-state index contributed by atoms with van der Waals surface area (Å²) >= 11 is 5.91. The Labute approximate surface area is 130 Å². The van der Waals surface area contributed by atoms with Gasteiger partial charge in [-0.3, -0.25) is 9.36 Å². The van der Waals surface area contributed by atoms with Gasteiger partial charge in [0, 0.05) is 29.6 Å². The van der Waals surface area contributed by atoms with E-state index in [4.69, 9.17) is 16.6 Å². The molecule has 0 aliphatic rings. The summed E-state index contributed by atoms with van der Waals surface area (Å²) in [6.07, 6.45) is 4.23. The number of hydrogen-bond donors (Lipinski definition) is 0.